The maximum absolute atomic E-state index is 12.6. The Morgan fingerprint density at radius 1 is 1.20 bits per heavy atom. The molecule has 2 saturated heterocycles. The highest BCUT2D eigenvalue weighted by Gasteiger charge is 2.39. The summed E-state index contributed by atoms with van der Waals surface area (Å²) in [7, 11) is 0. The molecule has 4 heteroatoms. The zero-order valence-electron chi connectivity index (χ0n) is 12.0. The number of nitrogens with zero attached hydrogens (tertiary/aromatic N) is 2. The number of hydrogen-bond acceptors (Lipinski definition) is 3. The SMILES string of the molecule is Cc1ccc(N2CCC(N3CCC(CO)C3)C2=O)cc1. The lowest BCUT2D eigenvalue weighted by Crippen LogP contribution is -2.40. The monoisotopic (exact) mass is 274 g/mol. The maximum atomic E-state index is 12.6. The Balaban J connectivity index is 1.69. The minimum absolute atomic E-state index is 0.00727. The number of carbonyl (C=O) groups is 1. The predicted molar refractivity (Wildman–Crippen MR) is 78.7 cm³/mol. The summed E-state index contributed by atoms with van der Waals surface area (Å²) in [6.07, 6.45) is 1.90. The van der Waals surface area contributed by atoms with Crippen LogP contribution < -0.4 is 4.90 Å². The number of likely N-dealkylation sites (tertiary alicyclic amines) is 1. The van der Waals surface area contributed by atoms with Gasteiger partial charge >= 0.3 is 0 Å². The summed E-state index contributed by atoms with van der Waals surface area (Å²) >= 11 is 0. The van der Waals surface area contributed by atoms with E-state index >= 15 is 0 Å². The second-order valence-corrected chi connectivity index (χ2v) is 5.96. The summed E-state index contributed by atoms with van der Waals surface area (Å²) in [6.45, 7) is 4.88. The molecule has 2 atom stereocenters. The number of benzene rings is 1. The van der Waals surface area contributed by atoms with E-state index in [1.807, 2.05) is 29.2 Å². The first-order chi connectivity index (χ1) is 9.69. The van der Waals surface area contributed by atoms with Gasteiger partial charge < -0.3 is 10.0 Å². The Labute approximate surface area is 120 Å². The van der Waals surface area contributed by atoms with E-state index in [4.69, 9.17) is 0 Å². The maximum Gasteiger partial charge on any atom is 0.244 e. The third-order valence-corrected chi connectivity index (χ3v) is 4.54. The summed E-state index contributed by atoms with van der Waals surface area (Å²) in [6, 6.07) is 8.15. The van der Waals surface area contributed by atoms with Crippen molar-refractivity contribution in [2.45, 2.75) is 25.8 Å². The van der Waals surface area contributed by atoms with Crippen LogP contribution in [-0.4, -0.2) is 48.2 Å². The van der Waals surface area contributed by atoms with Crippen molar-refractivity contribution in [2.24, 2.45) is 5.92 Å². The van der Waals surface area contributed by atoms with Gasteiger partial charge in [0.05, 0.1) is 6.04 Å². The number of aryl methyl sites for hydroxylation is 1. The highest BCUT2D eigenvalue weighted by atomic mass is 16.3. The van der Waals surface area contributed by atoms with Gasteiger partial charge in [-0.15, -0.1) is 0 Å². The van der Waals surface area contributed by atoms with Gasteiger partial charge in [0.1, 0.15) is 0 Å². The van der Waals surface area contributed by atoms with Gasteiger partial charge in [-0.3, -0.25) is 9.69 Å². The van der Waals surface area contributed by atoms with E-state index in [0.717, 1.165) is 38.2 Å². The summed E-state index contributed by atoms with van der Waals surface area (Å²) in [5.74, 6) is 0.559. The molecule has 2 aliphatic rings. The van der Waals surface area contributed by atoms with Crippen LogP contribution in [-0.2, 0) is 4.79 Å². The van der Waals surface area contributed by atoms with Gasteiger partial charge in [-0.05, 0) is 44.4 Å². The van der Waals surface area contributed by atoms with Crippen LogP contribution in [0.3, 0.4) is 0 Å². The molecule has 0 bridgehead atoms. The molecular formula is C16H22N2O2. The molecule has 1 amide bonds. The molecule has 0 spiro atoms. The quantitative estimate of drug-likeness (QED) is 0.906. The fraction of sp³-hybridized carbons (Fsp3) is 0.562. The number of carbonyl (C=O) groups excluding carboxylic acids is 1. The van der Waals surface area contributed by atoms with Gasteiger partial charge in [-0.1, -0.05) is 17.7 Å². The highest BCUT2D eigenvalue weighted by Crippen LogP contribution is 2.28. The lowest BCUT2D eigenvalue weighted by atomic mass is 10.1. The minimum atomic E-state index is 0.00727. The molecule has 2 heterocycles. The van der Waals surface area contributed by atoms with E-state index in [1.54, 1.807) is 0 Å². The van der Waals surface area contributed by atoms with E-state index in [0.29, 0.717) is 5.92 Å². The second kappa shape index (κ2) is 5.54. The molecule has 2 unspecified atom stereocenters. The first-order valence-electron chi connectivity index (χ1n) is 7.42. The first-order valence-corrected chi connectivity index (χ1v) is 7.42. The van der Waals surface area contributed by atoms with Crippen LogP contribution in [0.25, 0.3) is 0 Å². The topological polar surface area (TPSA) is 43.8 Å². The summed E-state index contributed by atoms with van der Waals surface area (Å²) in [5, 5.41) is 9.23. The molecule has 1 aromatic carbocycles. The molecule has 108 valence electrons. The number of aliphatic hydroxyl groups is 1. The van der Waals surface area contributed by atoms with E-state index in [1.165, 1.54) is 5.56 Å². The zero-order chi connectivity index (χ0) is 14.1. The zero-order valence-corrected chi connectivity index (χ0v) is 12.0. The Hall–Kier alpha value is -1.39. The van der Waals surface area contributed by atoms with Crippen LogP contribution in [0, 0.1) is 12.8 Å². The second-order valence-electron chi connectivity index (χ2n) is 5.96. The minimum Gasteiger partial charge on any atom is -0.396 e. The molecule has 0 aromatic heterocycles. The molecule has 4 nitrogen and oxygen atoms in total. The average Bonchev–Trinajstić information content (AvgIpc) is 3.06. The van der Waals surface area contributed by atoms with Crippen molar-refractivity contribution >= 4 is 11.6 Å². The normalized spacial score (nSPS) is 27.5. The lowest BCUT2D eigenvalue weighted by molar-refractivity contribution is -0.121. The van der Waals surface area contributed by atoms with Crippen molar-refractivity contribution in [1.82, 2.24) is 4.90 Å². The smallest absolute Gasteiger partial charge is 0.244 e. The van der Waals surface area contributed by atoms with E-state index < -0.39 is 0 Å². The van der Waals surface area contributed by atoms with Gasteiger partial charge in [0.2, 0.25) is 5.91 Å². The Morgan fingerprint density at radius 3 is 2.60 bits per heavy atom. The molecule has 20 heavy (non-hydrogen) atoms. The van der Waals surface area contributed by atoms with Crippen LogP contribution >= 0.6 is 0 Å². The largest absolute Gasteiger partial charge is 0.396 e. The Kier molecular flexibility index (Phi) is 3.76. The highest BCUT2D eigenvalue weighted by molar-refractivity contribution is 5.99. The van der Waals surface area contributed by atoms with Crippen LogP contribution in [0.15, 0.2) is 24.3 Å². The summed E-state index contributed by atoms with van der Waals surface area (Å²) in [5.41, 5.74) is 2.21. The molecule has 1 aromatic rings. The molecule has 0 radical (unpaired) electrons. The van der Waals surface area contributed by atoms with Crippen LogP contribution in [0.4, 0.5) is 5.69 Å². The van der Waals surface area contributed by atoms with Crippen LogP contribution in [0.1, 0.15) is 18.4 Å². The van der Waals surface area contributed by atoms with E-state index in [2.05, 4.69) is 11.8 Å². The van der Waals surface area contributed by atoms with Crippen molar-refractivity contribution in [2.75, 3.05) is 31.1 Å². The Bertz CT molecular complexity index is 486. The number of hydrogen-bond donors (Lipinski definition) is 1. The number of anilines is 1. The molecule has 0 aliphatic carbocycles. The van der Waals surface area contributed by atoms with Crippen LogP contribution in [0.2, 0.25) is 0 Å². The van der Waals surface area contributed by atoms with Crippen molar-refractivity contribution in [1.29, 1.82) is 0 Å². The predicted octanol–water partition coefficient (Wildman–Crippen LogP) is 1.41. The van der Waals surface area contributed by atoms with Crippen molar-refractivity contribution in [3.05, 3.63) is 29.8 Å². The molecular weight excluding hydrogens is 252 g/mol. The van der Waals surface area contributed by atoms with Crippen molar-refractivity contribution in [3.63, 3.8) is 0 Å². The Morgan fingerprint density at radius 2 is 1.95 bits per heavy atom. The molecule has 1 N–H and O–H groups in total. The lowest BCUT2D eigenvalue weighted by Gasteiger charge is -2.23. The van der Waals surface area contributed by atoms with E-state index in [-0.39, 0.29) is 18.6 Å². The third-order valence-electron chi connectivity index (χ3n) is 4.54. The molecule has 0 saturated carbocycles. The summed E-state index contributed by atoms with van der Waals surface area (Å²) in [4.78, 5) is 16.7. The fourth-order valence-corrected chi connectivity index (χ4v) is 3.28. The molecule has 2 fully saturated rings. The standard InChI is InChI=1S/C16H22N2O2/c1-12-2-4-14(5-3-12)18-9-7-15(16(18)20)17-8-6-13(10-17)11-19/h2-5,13,15,19H,6-11H2,1H3. The molecule has 2 aliphatic heterocycles. The number of aliphatic hydroxyl groups excluding tert-OH is 1. The fourth-order valence-electron chi connectivity index (χ4n) is 3.28. The van der Waals surface area contributed by atoms with Crippen molar-refractivity contribution in [3.8, 4) is 0 Å². The van der Waals surface area contributed by atoms with Gasteiger partial charge in [-0.25, -0.2) is 0 Å². The third kappa shape index (κ3) is 2.45. The van der Waals surface area contributed by atoms with Gasteiger partial charge in [0, 0.05) is 25.4 Å². The van der Waals surface area contributed by atoms with Gasteiger partial charge in [0.15, 0.2) is 0 Å². The van der Waals surface area contributed by atoms with Crippen LogP contribution in [0.5, 0.6) is 0 Å². The summed E-state index contributed by atoms with van der Waals surface area (Å²) < 4.78 is 0. The average molecular weight is 274 g/mol. The first kappa shape index (κ1) is 13.6. The number of amides is 1. The number of rotatable bonds is 3. The van der Waals surface area contributed by atoms with Crippen molar-refractivity contribution < 1.29 is 9.90 Å². The van der Waals surface area contributed by atoms with Gasteiger partial charge in [-0.2, -0.15) is 0 Å². The van der Waals surface area contributed by atoms with E-state index in [9.17, 15) is 9.90 Å². The van der Waals surface area contributed by atoms with Gasteiger partial charge in [0.25, 0.3) is 0 Å². The molecule has 3 rings (SSSR count).